The van der Waals surface area contributed by atoms with Gasteiger partial charge in [-0.3, -0.25) is 4.99 Å². The first-order valence-corrected chi connectivity index (χ1v) is 10.5. The second-order valence-electron chi connectivity index (χ2n) is 7.49. The third-order valence-electron chi connectivity index (χ3n) is 5.28. The summed E-state index contributed by atoms with van der Waals surface area (Å²) in [6, 6.07) is 6.77. The summed E-state index contributed by atoms with van der Waals surface area (Å²) < 4.78 is 12.7. The molecule has 0 saturated carbocycles. The van der Waals surface area contributed by atoms with Crippen LogP contribution < -0.4 is 15.4 Å². The van der Waals surface area contributed by atoms with Crippen LogP contribution in [0, 0.1) is 0 Å². The zero-order valence-electron chi connectivity index (χ0n) is 17.7. The first-order valence-electron chi connectivity index (χ1n) is 10.5. The standard InChI is InChI=1S/C21H30N6O2.HI/c1-3-22-21(23-10-8-15-4-6-18-16(12-15)9-11-29-18)24-17-5-7-20-25-19(14-28-2)26-27(20)13-17;/h4,6,12,17H,3,5,7-11,13-14H2,1-2H3,(H2,22,23,24);1H. The maximum atomic E-state index is 5.59. The van der Waals surface area contributed by atoms with Crippen molar-refractivity contribution in [2.24, 2.45) is 4.99 Å². The molecule has 164 valence electrons. The third-order valence-corrected chi connectivity index (χ3v) is 5.28. The van der Waals surface area contributed by atoms with Crippen LogP contribution in [0.3, 0.4) is 0 Å². The number of fused-ring (bicyclic) bond motifs is 2. The third kappa shape index (κ3) is 5.63. The van der Waals surface area contributed by atoms with Gasteiger partial charge in [-0.1, -0.05) is 12.1 Å². The summed E-state index contributed by atoms with van der Waals surface area (Å²) in [4.78, 5) is 9.33. The fraction of sp³-hybridized carbons (Fsp3) is 0.571. The maximum absolute atomic E-state index is 5.59. The normalized spacial score (nSPS) is 17.5. The Morgan fingerprint density at radius 1 is 1.37 bits per heavy atom. The molecular weight excluding hydrogens is 495 g/mol. The number of methoxy groups -OCH3 is 1. The molecule has 0 aliphatic carbocycles. The van der Waals surface area contributed by atoms with Gasteiger partial charge in [-0.15, -0.1) is 24.0 Å². The lowest BCUT2D eigenvalue weighted by molar-refractivity contribution is 0.177. The quantitative estimate of drug-likeness (QED) is 0.327. The molecule has 2 aliphatic rings. The van der Waals surface area contributed by atoms with E-state index >= 15 is 0 Å². The Labute approximate surface area is 194 Å². The zero-order valence-corrected chi connectivity index (χ0v) is 20.0. The summed E-state index contributed by atoms with van der Waals surface area (Å²) in [5.74, 6) is 3.69. The van der Waals surface area contributed by atoms with Gasteiger partial charge in [0.1, 0.15) is 18.2 Å². The smallest absolute Gasteiger partial charge is 0.191 e. The molecule has 30 heavy (non-hydrogen) atoms. The minimum atomic E-state index is 0. The van der Waals surface area contributed by atoms with Gasteiger partial charge in [-0.05, 0) is 37.0 Å². The molecule has 2 aliphatic heterocycles. The van der Waals surface area contributed by atoms with E-state index in [4.69, 9.17) is 14.5 Å². The van der Waals surface area contributed by atoms with Gasteiger partial charge in [-0.2, -0.15) is 5.10 Å². The van der Waals surface area contributed by atoms with Crippen molar-refractivity contribution in [2.45, 2.75) is 51.8 Å². The van der Waals surface area contributed by atoms with Crippen molar-refractivity contribution in [3.63, 3.8) is 0 Å². The van der Waals surface area contributed by atoms with E-state index in [1.54, 1.807) is 7.11 Å². The van der Waals surface area contributed by atoms with Crippen molar-refractivity contribution >= 4 is 29.9 Å². The highest BCUT2D eigenvalue weighted by atomic mass is 127. The van der Waals surface area contributed by atoms with E-state index in [-0.39, 0.29) is 30.0 Å². The molecule has 2 N–H and O–H groups in total. The molecule has 4 rings (SSSR count). The van der Waals surface area contributed by atoms with Gasteiger partial charge in [0.25, 0.3) is 0 Å². The SMILES string of the molecule is CCNC(=NCCc1ccc2c(c1)CCO2)NC1CCc2nc(COC)nn2C1.I. The second-order valence-corrected chi connectivity index (χ2v) is 7.49. The van der Waals surface area contributed by atoms with E-state index < -0.39 is 0 Å². The molecule has 1 atom stereocenters. The highest BCUT2D eigenvalue weighted by molar-refractivity contribution is 14.0. The Kier molecular flexibility index (Phi) is 8.32. The van der Waals surface area contributed by atoms with E-state index in [0.29, 0.717) is 6.61 Å². The van der Waals surface area contributed by atoms with Gasteiger partial charge in [0, 0.05) is 39.1 Å². The Morgan fingerprint density at radius 3 is 3.10 bits per heavy atom. The average molecular weight is 526 g/mol. The number of aliphatic imine (C=N–C) groups is 1. The van der Waals surface area contributed by atoms with Crippen molar-refractivity contribution in [2.75, 3.05) is 26.8 Å². The van der Waals surface area contributed by atoms with Crippen molar-refractivity contribution in [3.8, 4) is 5.75 Å². The predicted octanol–water partition coefficient (Wildman–Crippen LogP) is 2.09. The molecule has 8 nitrogen and oxygen atoms in total. The number of ether oxygens (including phenoxy) is 2. The van der Waals surface area contributed by atoms with E-state index in [0.717, 1.165) is 75.3 Å². The number of aromatic nitrogens is 3. The lowest BCUT2D eigenvalue weighted by Gasteiger charge is -2.25. The zero-order chi connectivity index (χ0) is 20.1. The van der Waals surface area contributed by atoms with Crippen molar-refractivity contribution in [1.82, 2.24) is 25.4 Å². The number of nitrogens with one attached hydrogen (secondary N) is 2. The van der Waals surface area contributed by atoms with Crippen molar-refractivity contribution in [1.29, 1.82) is 0 Å². The summed E-state index contributed by atoms with van der Waals surface area (Å²) in [6.07, 6.45) is 3.85. The number of guanidine groups is 1. The van der Waals surface area contributed by atoms with Crippen molar-refractivity contribution < 1.29 is 9.47 Å². The molecule has 9 heteroatoms. The number of aryl methyl sites for hydroxylation is 1. The Bertz CT molecular complexity index is 869. The molecule has 0 saturated heterocycles. The minimum absolute atomic E-state index is 0. The summed E-state index contributed by atoms with van der Waals surface area (Å²) in [7, 11) is 1.67. The van der Waals surface area contributed by atoms with Crippen LogP contribution in [0.2, 0.25) is 0 Å². The van der Waals surface area contributed by atoms with Crippen LogP contribution in [0.15, 0.2) is 23.2 Å². The largest absolute Gasteiger partial charge is 0.493 e. The highest BCUT2D eigenvalue weighted by Gasteiger charge is 2.22. The number of hydrogen-bond donors (Lipinski definition) is 2. The Hall–Kier alpha value is -1.88. The highest BCUT2D eigenvalue weighted by Crippen LogP contribution is 2.26. The van der Waals surface area contributed by atoms with Crippen LogP contribution in [0.25, 0.3) is 0 Å². The second kappa shape index (κ2) is 10.9. The van der Waals surface area contributed by atoms with Crippen LogP contribution in [0.4, 0.5) is 0 Å². The van der Waals surface area contributed by atoms with Crippen LogP contribution in [0.1, 0.15) is 36.1 Å². The number of hydrogen-bond acceptors (Lipinski definition) is 5. The number of rotatable bonds is 7. The fourth-order valence-corrected chi connectivity index (χ4v) is 3.87. The van der Waals surface area contributed by atoms with Gasteiger partial charge in [0.05, 0.1) is 13.2 Å². The van der Waals surface area contributed by atoms with Crippen LogP contribution in [-0.2, 0) is 37.2 Å². The van der Waals surface area contributed by atoms with Crippen LogP contribution in [-0.4, -0.2) is 53.6 Å². The monoisotopic (exact) mass is 526 g/mol. The number of nitrogens with zero attached hydrogens (tertiary/aromatic N) is 4. The molecule has 0 spiro atoms. The van der Waals surface area contributed by atoms with E-state index in [9.17, 15) is 0 Å². The van der Waals surface area contributed by atoms with E-state index in [2.05, 4.69) is 45.8 Å². The summed E-state index contributed by atoms with van der Waals surface area (Å²) in [5.41, 5.74) is 2.62. The van der Waals surface area contributed by atoms with Crippen molar-refractivity contribution in [3.05, 3.63) is 41.0 Å². The molecule has 0 amide bonds. The number of benzene rings is 1. The first-order chi connectivity index (χ1) is 14.2. The molecule has 3 heterocycles. The average Bonchev–Trinajstić information content (AvgIpc) is 3.34. The lowest BCUT2D eigenvalue weighted by Crippen LogP contribution is -2.47. The van der Waals surface area contributed by atoms with Gasteiger partial charge < -0.3 is 20.1 Å². The van der Waals surface area contributed by atoms with Crippen LogP contribution >= 0.6 is 24.0 Å². The molecule has 1 aromatic carbocycles. The molecule has 1 unspecified atom stereocenters. The maximum Gasteiger partial charge on any atom is 0.191 e. The molecule has 1 aromatic heterocycles. The van der Waals surface area contributed by atoms with E-state index in [1.165, 1.54) is 11.1 Å². The van der Waals surface area contributed by atoms with Gasteiger partial charge in [0.15, 0.2) is 11.8 Å². The first kappa shape index (κ1) is 22.8. The topological polar surface area (TPSA) is 85.6 Å². The van der Waals surface area contributed by atoms with Gasteiger partial charge >= 0.3 is 0 Å². The molecule has 0 bridgehead atoms. The Morgan fingerprint density at radius 2 is 2.27 bits per heavy atom. The summed E-state index contributed by atoms with van der Waals surface area (Å²) in [5, 5.41) is 11.5. The van der Waals surface area contributed by atoms with Crippen LogP contribution in [0.5, 0.6) is 5.75 Å². The van der Waals surface area contributed by atoms with E-state index in [1.807, 2.05) is 4.68 Å². The predicted molar refractivity (Wildman–Crippen MR) is 127 cm³/mol. The van der Waals surface area contributed by atoms with Gasteiger partial charge in [0.2, 0.25) is 0 Å². The fourth-order valence-electron chi connectivity index (χ4n) is 3.87. The number of halogens is 1. The van der Waals surface area contributed by atoms with Gasteiger partial charge in [-0.25, -0.2) is 9.67 Å². The molecular formula is C21H31IN6O2. The molecule has 0 fully saturated rings. The lowest BCUT2D eigenvalue weighted by atomic mass is 10.1. The molecule has 0 radical (unpaired) electrons. The molecule has 2 aromatic rings. The minimum Gasteiger partial charge on any atom is -0.493 e. The Balaban J connectivity index is 0.00000256. The summed E-state index contributed by atoms with van der Waals surface area (Å²) in [6.45, 7) is 5.71. The summed E-state index contributed by atoms with van der Waals surface area (Å²) >= 11 is 0.